The van der Waals surface area contributed by atoms with Gasteiger partial charge in [-0.2, -0.15) is 5.26 Å². The summed E-state index contributed by atoms with van der Waals surface area (Å²) in [5, 5.41) is 9.01. The normalized spacial score (nSPS) is 17.6. The van der Waals surface area contributed by atoms with Gasteiger partial charge in [-0.25, -0.2) is 12.7 Å². The number of nitrogens with zero attached hydrogens (tertiary/aromatic N) is 2. The fourth-order valence-electron chi connectivity index (χ4n) is 2.36. The van der Waals surface area contributed by atoms with Gasteiger partial charge in [0.15, 0.2) is 0 Å². The first-order valence-corrected chi connectivity index (χ1v) is 8.20. The number of sulfonamides is 1. The lowest BCUT2D eigenvalue weighted by Gasteiger charge is -2.20. The highest BCUT2D eigenvalue weighted by atomic mass is 32.2. The molecule has 1 aromatic rings. The van der Waals surface area contributed by atoms with Crippen LogP contribution in [0.3, 0.4) is 0 Å². The Labute approximate surface area is 114 Å². The van der Waals surface area contributed by atoms with Crippen molar-refractivity contribution in [3.8, 4) is 6.07 Å². The van der Waals surface area contributed by atoms with Gasteiger partial charge in [0, 0.05) is 13.1 Å². The second-order valence-corrected chi connectivity index (χ2v) is 6.81. The monoisotopic (exact) mass is 278 g/mol. The fourth-order valence-corrected chi connectivity index (χ4v) is 4.00. The fraction of sp³-hybridized carbons (Fsp3) is 0.500. The molecule has 0 unspecified atom stereocenters. The maximum Gasteiger partial charge on any atom is 0.218 e. The minimum absolute atomic E-state index is 0.0727. The molecule has 0 bridgehead atoms. The van der Waals surface area contributed by atoms with Gasteiger partial charge < -0.3 is 0 Å². The molecule has 102 valence electrons. The molecule has 2 rings (SSSR count). The lowest BCUT2D eigenvalue weighted by Crippen LogP contribution is -2.33. The van der Waals surface area contributed by atoms with Gasteiger partial charge in [0.1, 0.15) is 0 Å². The van der Waals surface area contributed by atoms with Crippen LogP contribution in [-0.2, 0) is 15.8 Å². The predicted octanol–water partition coefficient (Wildman–Crippen LogP) is 2.26. The van der Waals surface area contributed by atoms with Gasteiger partial charge in [-0.1, -0.05) is 31.0 Å². The molecule has 1 aliphatic rings. The molecule has 0 aliphatic carbocycles. The van der Waals surface area contributed by atoms with Crippen LogP contribution >= 0.6 is 0 Å². The smallest absolute Gasteiger partial charge is 0.212 e. The number of benzene rings is 1. The van der Waals surface area contributed by atoms with Crippen molar-refractivity contribution in [2.75, 3.05) is 13.1 Å². The van der Waals surface area contributed by atoms with Crippen LogP contribution in [0.15, 0.2) is 24.3 Å². The van der Waals surface area contributed by atoms with E-state index in [9.17, 15) is 8.42 Å². The minimum atomic E-state index is -3.31. The Bertz CT molecular complexity index is 567. The maximum atomic E-state index is 12.4. The first-order chi connectivity index (χ1) is 9.13. The second-order valence-electron chi connectivity index (χ2n) is 4.84. The minimum Gasteiger partial charge on any atom is -0.212 e. The third kappa shape index (κ3) is 3.55. The summed E-state index contributed by atoms with van der Waals surface area (Å²) in [4.78, 5) is 0. The van der Waals surface area contributed by atoms with E-state index in [2.05, 4.69) is 6.07 Å². The lowest BCUT2D eigenvalue weighted by atomic mass is 10.1. The molecule has 0 aromatic heterocycles. The van der Waals surface area contributed by atoms with E-state index < -0.39 is 10.0 Å². The number of hydrogen-bond donors (Lipinski definition) is 0. The van der Waals surface area contributed by atoms with E-state index >= 15 is 0 Å². The van der Waals surface area contributed by atoms with Gasteiger partial charge in [0.05, 0.1) is 17.4 Å². The van der Waals surface area contributed by atoms with Crippen LogP contribution in [0, 0.1) is 11.3 Å². The van der Waals surface area contributed by atoms with Gasteiger partial charge in [0.2, 0.25) is 10.0 Å². The predicted molar refractivity (Wildman–Crippen MR) is 73.8 cm³/mol. The molecular weight excluding hydrogens is 260 g/mol. The van der Waals surface area contributed by atoms with Crippen molar-refractivity contribution < 1.29 is 8.42 Å². The summed E-state index contributed by atoms with van der Waals surface area (Å²) < 4.78 is 26.4. The van der Waals surface area contributed by atoms with Crippen LogP contribution in [0.5, 0.6) is 0 Å². The summed E-state index contributed by atoms with van der Waals surface area (Å²) in [5.41, 5.74) is 1.04. The molecule has 5 heteroatoms. The number of rotatable bonds is 3. The summed E-state index contributed by atoms with van der Waals surface area (Å²) in [6, 6.07) is 8.95. The van der Waals surface area contributed by atoms with Crippen LogP contribution in [0.25, 0.3) is 0 Å². The third-order valence-corrected chi connectivity index (χ3v) is 5.26. The summed E-state index contributed by atoms with van der Waals surface area (Å²) in [7, 11) is -3.31. The Morgan fingerprint density at radius 1 is 1.11 bits per heavy atom. The largest absolute Gasteiger partial charge is 0.218 e. The molecular formula is C14H18N2O2S. The van der Waals surface area contributed by atoms with Gasteiger partial charge in [0.25, 0.3) is 0 Å². The highest BCUT2D eigenvalue weighted by Gasteiger charge is 2.24. The van der Waals surface area contributed by atoms with Crippen LogP contribution in [0.2, 0.25) is 0 Å². The molecule has 4 nitrogen and oxygen atoms in total. The van der Waals surface area contributed by atoms with Crippen molar-refractivity contribution in [2.24, 2.45) is 0 Å². The zero-order valence-electron chi connectivity index (χ0n) is 10.9. The van der Waals surface area contributed by atoms with Crippen LogP contribution in [0.4, 0.5) is 0 Å². The molecule has 0 saturated carbocycles. The van der Waals surface area contributed by atoms with Crippen molar-refractivity contribution in [2.45, 2.75) is 31.4 Å². The van der Waals surface area contributed by atoms with Crippen LogP contribution in [-0.4, -0.2) is 25.8 Å². The standard InChI is InChI=1S/C14H18N2O2S/c15-11-13-7-3-4-8-14(13)12-19(17,18)16-9-5-1-2-6-10-16/h3-4,7-8H,1-2,5-6,9-10,12H2. The molecule has 1 saturated heterocycles. The molecule has 0 spiro atoms. The Morgan fingerprint density at radius 2 is 1.74 bits per heavy atom. The van der Waals surface area contributed by atoms with Gasteiger partial charge in [-0.15, -0.1) is 0 Å². The topological polar surface area (TPSA) is 61.2 Å². The highest BCUT2D eigenvalue weighted by Crippen LogP contribution is 2.18. The molecule has 0 amide bonds. The van der Waals surface area contributed by atoms with Crippen LogP contribution in [0.1, 0.15) is 36.8 Å². The Balaban J connectivity index is 2.18. The summed E-state index contributed by atoms with van der Waals surface area (Å²) >= 11 is 0. The third-order valence-electron chi connectivity index (χ3n) is 3.43. The molecule has 1 heterocycles. The van der Waals surface area contributed by atoms with Gasteiger partial charge in [-0.05, 0) is 24.5 Å². The summed E-state index contributed by atoms with van der Waals surface area (Å²) in [6.07, 6.45) is 4.06. The average Bonchev–Trinajstić information content (AvgIpc) is 2.68. The van der Waals surface area contributed by atoms with Gasteiger partial charge in [-0.3, -0.25) is 0 Å². The first kappa shape index (κ1) is 14.0. The summed E-state index contributed by atoms with van der Waals surface area (Å²) in [6.45, 7) is 1.22. The van der Waals surface area contributed by atoms with E-state index in [0.29, 0.717) is 24.2 Å². The number of nitriles is 1. The number of hydrogen-bond acceptors (Lipinski definition) is 3. The Hall–Kier alpha value is -1.38. The Kier molecular flexibility index (Phi) is 4.56. The van der Waals surface area contributed by atoms with E-state index in [1.807, 2.05) is 0 Å². The average molecular weight is 278 g/mol. The molecule has 1 fully saturated rings. The van der Waals surface area contributed by atoms with E-state index in [1.54, 1.807) is 28.6 Å². The first-order valence-electron chi connectivity index (χ1n) is 6.59. The quantitative estimate of drug-likeness (QED) is 0.852. The zero-order chi connectivity index (χ0) is 13.7. The summed E-state index contributed by atoms with van der Waals surface area (Å²) in [5.74, 6) is -0.0727. The van der Waals surface area contributed by atoms with Crippen LogP contribution < -0.4 is 0 Å². The van der Waals surface area contributed by atoms with Crippen molar-refractivity contribution in [1.82, 2.24) is 4.31 Å². The molecule has 1 aromatic carbocycles. The van der Waals surface area contributed by atoms with Crippen molar-refractivity contribution in [1.29, 1.82) is 5.26 Å². The van der Waals surface area contributed by atoms with Crippen molar-refractivity contribution in [3.63, 3.8) is 0 Å². The molecule has 0 N–H and O–H groups in total. The molecule has 19 heavy (non-hydrogen) atoms. The van der Waals surface area contributed by atoms with E-state index in [0.717, 1.165) is 25.7 Å². The lowest BCUT2D eigenvalue weighted by molar-refractivity contribution is 0.423. The Morgan fingerprint density at radius 3 is 2.37 bits per heavy atom. The molecule has 0 atom stereocenters. The molecule has 1 aliphatic heterocycles. The zero-order valence-corrected chi connectivity index (χ0v) is 11.7. The van der Waals surface area contributed by atoms with E-state index in [-0.39, 0.29) is 5.75 Å². The van der Waals surface area contributed by atoms with E-state index in [1.165, 1.54) is 0 Å². The molecule has 0 radical (unpaired) electrons. The SMILES string of the molecule is N#Cc1ccccc1CS(=O)(=O)N1CCCCCC1. The van der Waals surface area contributed by atoms with Crippen molar-refractivity contribution in [3.05, 3.63) is 35.4 Å². The highest BCUT2D eigenvalue weighted by molar-refractivity contribution is 7.88. The van der Waals surface area contributed by atoms with Gasteiger partial charge >= 0.3 is 0 Å². The van der Waals surface area contributed by atoms with Crippen molar-refractivity contribution >= 4 is 10.0 Å². The van der Waals surface area contributed by atoms with E-state index in [4.69, 9.17) is 5.26 Å². The maximum absolute atomic E-state index is 12.4. The second kappa shape index (κ2) is 6.18.